The van der Waals surface area contributed by atoms with Crippen LogP contribution in [0.5, 0.6) is 5.75 Å². The number of benzene rings is 1. The first-order valence-corrected chi connectivity index (χ1v) is 5.89. The summed E-state index contributed by atoms with van der Waals surface area (Å²) in [5.74, 6) is -0.105. The van der Waals surface area contributed by atoms with Crippen LogP contribution in [0, 0.1) is 0 Å². The highest BCUT2D eigenvalue weighted by atomic mass is 35.5. The zero-order valence-corrected chi connectivity index (χ0v) is 12.2. The molecule has 0 aromatic heterocycles. The molecule has 5 nitrogen and oxygen atoms in total. The lowest BCUT2D eigenvalue weighted by molar-refractivity contribution is -0.131. The smallest absolute Gasteiger partial charge is 0.308 e. The minimum atomic E-state index is -0.638. The maximum absolute atomic E-state index is 10.8. The molecule has 1 rings (SSSR count). The van der Waals surface area contributed by atoms with Gasteiger partial charge in [-0.1, -0.05) is 19.9 Å². The topological polar surface area (TPSA) is 84.6 Å². The fourth-order valence-electron chi connectivity index (χ4n) is 1.49. The Morgan fingerprint density at radius 2 is 2.11 bits per heavy atom. The van der Waals surface area contributed by atoms with E-state index in [0.29, 0.717) is 29.6 Å². The van der Waals surface area contributed by atoms with Crippen LogP contribution in [0.4, 0.5) is 5.69 Å². The first kappa shape index (κ1) is 17.7. The number of nitrogen functional groups attached to an aromatic ring is 1. The second-order valence-corrected chi connectivity index (χ2v) is 4.47. The van der Waals surface area contributed by atoms with Gasteiger partial charge in [-0.2, -0.15) is 0 Å². The van der Waals surface area contributed by atoms with E-state index in [9.17, 15) is 9.90 Å². The van der Waals surface area contributed by atoms with Gasteiger partial charge in [0.1, 0.15) is 0 Å². The molecule has 0 fully saturated rings. The zero-order chi connectivity index (χ0) is 13.7. The Morgan fingerprint density at radius 1 is 1.47 bits per heavy atom. The number of ether oxygens (including phenoxy) is 1. The van der Waals surface area contributed by atoms with Gasteiger partial charge in [0.2, 0.25) is 0 Å². The van der Waals surface area contributed by atoms with Crippen molar-refractivity contribution in [3.8, 4) is 5.75 Å². The quantitative estimate of drug-likeness (QED) is 0.436. The second kappa shape index (κ2) is 7.99. The number of aliphatic hydroxyl groups excluding tert-OH is 1. The number of rotatable bonds is 5. The van der Waals surface area contributed by atoms with Crippen molar-refractivity contribution in [1.29, 1.82) is 0 Å². The van der Waals surface area contributed by atoms with E-state index in [1.165, 1.54) is 6.92 Å². The predicted molar refractivity (Wildman–Crippen MR) is 77.5 cm³/mol. The summed E-state index contributed by atoms with van der Waals surface area (Å²) >= 11 is 0. The van der Waals surface area contributed by atoms with E-state index in [-0.39, 0.29) is 12.4 Å². The van der Waals surface area contributed by atoms with Crippen LogP contribution in [0.1, 0.15) is 32.4 Å². The Hall–Kier alpha value is -1.30. The van der Waals surface area contributed by atoms with Crippen LogP contribution >= 0.6 is 12.4 Å². The molecule has 6 heteroatoms. The third-order valence-corrected chi connectivity index (χ3v) is 2.39. The number of carbonyl (C=O) groups is 1. The molecule has 0 aliphatic heterocycles. The molecule has 0 amide bonds. The fourth-order valence-corrected chi connectivity index (χ4v) is 1.49. The lowest BCUT2D eigenvalue weighted by atomic mass is 10.1. The maximum Gasteiger partial charge on any atom is 0.308 e. The van der Waals surface area contributed by atoms with Crippen molar-refractivity contribution in [1.82, 2.24) is 5.32 Å². The van der Waals surface area contributed by atoms with Gasteiger partial charge in [-0.3, -0.25) is 4.79 Å². The van der Waals surface area contributed by atoms with Gasteiger partial charge in [-0.25, -0.2) is 0 Å². The van der Waals surface area contributed by atoms with Crippen molar-refractivity contribution in [3.63, 3.8) is 0 Å². The monoisotopic (exact) mass is 288 g/mol. The molecule has 0 aliphatic rings. The van der Waals surface area contributed by atoms with Gasteiger partial charge in [0.25, 0.3) is 0 Å². The van der Waals surface area contributed by atoms with Crippen molar-refractivity contribution in [2.75, 3.05) is 12.3 Å². The van der Waals surface area contributed by atoms with Crippen molar-refractivity contribution in [3.05, 3.63) is 23.8 Å². The summed E-state index contributed by atoms with van der Waals surface area (Å²) in [6.07, 6.45) is -0.638. The fraction of sp³-hybridized carbons (Fsp3) is 0.462. The summed E-state index contributed by atoms with van der Waals surface area (Å²) in [5, 5.41) is 13.1. The maximum atomic E-state index is 10.8. The highest BCUT2D eigenvalue weighted by molar-refractivity contribution is 5.85. The predicted octanol–water partition coefficient (Wildman–Crippen LogP) is 1.65. The van der Waals surface area contributed by atoms with Gasteiger partial charge >= 0.3 is 5.97 Å². The lowest BCUT2D eigenvalue weighted by Crippen LogP contribution is -2.27. The van der Waals surface area contributed by atoms with Crippen molar-refractivity contribution in [2.24, 2.45) is 0 Å². The van der Waals surface area contributed by atoms with E-state index in [1.54, 1.807) is 18.2 Å². The SMILES string of the molecule is CC(=O)Oc1ccc(C(O)CNC(C)C)cc1N.Cl. The third-order valence-electron chi connectivity index (χ3n) is 2.39. The number of carbonyl (C=O) groups excluding carboxylic acids is 1. The van der Waals surface area contributed by atoms with Gasteiger partial charge in [-0.15, -0.1) is 12.4 Å². The highest BCUT2D eigenvalue weighted by Gasteiger charge is 2.11. The first-order chi connectivity index (χ1) is 8.40. The van der Waals surface area contributed by atoms with E-state index in [1.807, 2.05) is 13.8 Å². The summed E-state index contributed by atoms with van der Waals surface area (Å²) in [6, 6.07) is 5.20. The number of aliphatic hydroxyl groups is 1. The molecule has 1 unspecified atom stereocenters. The molecule has 108 valence electrons. The van der Waals surface area contributed by atoms with Gasteiger partial charge in [0.15, 0.2) is 5.75 Å². The van der Waals surface area contributed by atoms with Crippen LogP contribution in [0.15, 0.2) is 18.2 Å². The lowest BCUT2D eigenvalue weighted by Gasteiger charge is -2.15. The molecule has 0 saturated heterocycles. The summed E-state index contributed by atoms with van der Waals surface area (Å²) in [7, 11) is 0. The standard InChI is InChI=1S/C13H20N2O3.ClH/c1-8(2)15-7-12(17)10-4-5-13(11(14)6-10)18-9(3)16;/h4-6,8,12,15,17H,7,14H2,1-3H3;1H. The number of nitrogens with two attached hydrogens (primary N) is 1. The molecule has 0 spiro atoms. The van der Waals surface area contributed by atoms with E-state index in [4.69, 9.17) is 10.5 Å². The largest absolute Gasteiger partial charge is 0.425 e. The van der Waals surface area contributed by atoms with Crippen molar-refractivity contribution >= 4 is 24.1 Å². The molecule has 0 heterocycles. The normalized spacial score (nSPS) is 11.8. The Kier molecular flexibility index (Phi) is 7.44. The number of anilines is 1. The van der Waals surface area contributed by atoms with E-state index >= 15 is 0 Å². The minimum Gasteiger partial charge on any atom is -0.425 e. The van der Waals surface area contributed by atoms with Crippen LogP contribution in [0.2, 0.25) is 0 Å². The van der Waals surface area contributed by atoms with Crippen LogP contribution in [0.3, 0.4) is 0 Å². The molecule has 1 aromatic rings. The van der Waals surface area contributed by atoms with Crippen molar-refractivity contribution < 1.29 is 14.6 Å². The number of halogens is 1. The van der Waals surface area contributed by atoms with E-state index < -0.39 is 12.1 Å². The average molecular weight is 289 g/mol. The van der Waals surface area contributed by atoms with Crippen LogP contribution in [0.25, 0.3) is 0 Å². The summed E-state index contributed by atoms with van der Waals surface area (Å²) in [5.41, 5.74) is 6.79. The third kappa shape index (κ3) is 5.92. The number of hydrogen-bond acceptors (Lipinski definition) is 5. The number of hydrogen-bond donors (Lipinski definition) is 3. The van der Waals surface area contributed by atoms with E-state index in [0.717, 1.165) is 0 Å². The molecule has 4 N–H and O–H groups in total. The van der Waals surface area contributed by atoms with Crippen LogP contribution in [-0.2, 0) is 4.79 Å². The summed E-state index contributed by atoms with van der Waals surface area (Å²) < 4.78 is 4.92. The van der Waals surface area contributed by atoms with Gasteiger partial charge in [0, 0.05) is 19.5 Å². The molecule has 0 aliphatic carbocycles. The van der Waals surface area contributed by atoms with Gasteiger partial charge < -0.3 is 20.9 Å². The Balaban J connectivity index is 0.00000324. The molecule has 1 atom stereocenters. The van der Waals surface area contributed by atoms with Crippen LogP contribution < -0.4 is 15.8 Å². The molecule has 0 radical (unpaired) electrons. The Labute approximate surface area is 119 Å². The molecular weight excluding hydrogens is 268 g/mol. The van der Waals surface area contributed by atoms with Gasteiger partial charge in [0.05, 0.1) is 11.8 Å². The number of esters is 1. The molecule has 0 bridgehead atoms. The molecular formula is C13H21ClN2O3. The van der Waals surface area contributed by atoms with Crippen molar-refractivity contribution in [2.45, 2.75) is 32.9 Å². The Bertz CT molecular complexity index is 424. The zero-order valence-electron chi connectivity index (χ0n) is 11.3. The minimum absolute atomic E-state index is 0. The molecule has 0 saturated carbocycles. The number of nitrogens with one attached hydrogen (secondary N) is 1. The Morgan fingerprint density at radius 3 is 2.58 bits per heavy atom. The first-order valence-electron chi connectivity index (χ1n) is 5.89. The van der Waals surface area contributed by atoms with E-state index in [2.05, 4.69) is 5.32 Å². The second-order valence-electron chi connectivity index (χ2n) is 4.47. The summed E-state index contributed by atoms with van der Waals surface area (Å²) in [4.78, 5) is 10.8. The molecule has 1 aromatic carbocycles. The van der Waals surface area contributed by atoms with Crippen LogP contribution in [-0.4, -0.2) is 23.7 Å². The average Bonchev–Trinajstić information content (AvgIpc) is 2.28. The molecule has 19 heavy (non-hydrogen) atoms. The summed E-state index contributed by atoms with van der Waals surface area (Å²) in [6.45, 7) is 5.77. The van der Waals surface area contributed by atoms with Gasteiger partial charge in [-0.05, 0) is 17.7 Å². The highest BCUT2D eigenvalue weighted by Crippen LogP contribution is 2.25.